The second-order valence-corrected chi connectivity index (χ2v) is 5.54. The second-order valence-electron chi connectivity index (χ2n) is 5.54. The lowest BCUT2D eigenvalue weighted by Crippen LogP contribution is -2.37. The van der Waals surface area contributed by atoms with Crippen LogP contribution in [0, 0.1) is 0 Å². The van der Waals surface area contributed by atoms with Gasteiger partial charge >= 0.3 is 0 Å². The molecule has 0 aliphatic heterocycles. The number of fused-ring (bicyclic) bond motifs is 1. The maximum atomic E-state index is 10.2. The summed E-state index contributed by atoms with van der Waals surface area (Å²) < 4.78 is 0. The van der Waals surface area contributed by atoms with E-state index in [9.17, 15) is 5.11 Å². The van der Waals surface area contributed by atoms with Crippen LogP contribution in [0.3, 0.4) is 0 Å². The number of hydrogen-bond donors (Lipinski definition) is 2. The largest absolute Gasteiger partial charge is 0.387 e. The summed E-state index contributed by atoms with van der Waals surface area (Å²) in [6, 6.07) is 19.0. The van der Waals surface area contributed by atoms with Gasteiger partial charge in [-0.15, -0.1) is 0 Å². The zero-order valence-electron chi connectivity index (χ0n) is 15.6. The Hall–Kier alpha value is -1.64. The summed E-state index contributed by atoms with van der Waals surface area (Å²) in [6.45, 7) is 8.62. The molecule has 2 atom stereocenters. The highest BCUT2D eigenvalue weighted by Gasteiger charge is 2.18. The predicted octanol–water partition coefficient (Wildman–Crippen LogP) is 4.92. The van der Waals surface area contributed by atoms with Gasteiger partial charge in [0.1, 0.15) is 0 Å². The van der Waals surface area contributed by atoms with Crippen molar-refractivity contribution in [3.05, 3.63) is 71.3 Å². The Labute approximate surface area is 147 Å². The van der Waals surface area contributed by atoms with Crippen molar-refractivity contribution in [1.29, 1.82) is 0 Å². The highest BCUT2D eigenvalue weighted by Crippen LogP contribution is 2.21. The molecular formula is C22H33NO. The van der Waals surface area contributed by atoms with Crippen molar-refractivity contribution in [2.24, 2.45) is 0 Å². The number of aliphatic hydroxyl groups is 1. The van der Waals surface area contributed by atoms with Crippen molar-refractivity contribution < 1.29 is 5.11 Å². The normalized spacial score (nSPS) is 16.6. The first-order valence-corrected chi connectivity index (χ1v) is 9.36. The molecule has 2 aromatic rings. The van der Waals surface area contributed by atoms with Gasteiger partial charge in [0.05, 0.1) is 6.10 Å². The lowest BCUT2D eigenvalue weighted by molar-refractivity contribution is 0.168. The fourth-order valence-electron chi connectivity index (χ4n) is 2.94. The molecule has 0 spiro atoms. The molecule has 2 aromatic carbocycles. The monoisotopic (exact) mass is 327 g/mol. The lowest BCUT2D eigenvalue weighted by Gasteiger charge is -2.26. The van der Waals surface area contributed by atoms with Gasteiger partial charge in [0.25, 0.3) is 0 Å². The van der Waals surface area contributed by atoms with Gasteiger partial charge in [-0.1, -0.05) is 82.3 Å². The molecular weight excluding hydrogens is 294 g/mol. The van der Waals surface area contributed by atoms with Gasteiger partial charge in [0.15, 0.2) is 0 Å². The molecule has 0 radical (unpaired) electrons. The number of aliphatic hydroxyl groups excluding tert-OH is 1. The Morgan fingerprint density at radius 3 is 2.17 bits per heavy atom. The molecule has 132 valence electrons. The van der Waals surface area contributed by atoms with E-state index in [0.29, 0.717) is 12.6 Å². The standard InChI is InChI=1S/C18H21NO.2C2H6/c20-18(15-7-2-1-3-8-15)13-19-17-11-10-14-6-4-5-9-16(14)12-17;2*1-2/h1-9,17-20H,10-13H2;2*1-2H3. The van der Waals surface area contributed by atoms with Crippen LogP contribution in [0.1, 0.15) is 56.9 Å². The van der Waals surface area contributed by atoms with E-state index >= 15 is 0 Å². The van der Waals surface area contributed by atoms with Crippen molar-refractivity contribution in [2.45, 2.75) is 59.1 Å². The van der Waals surface area contributed by atoms with Crippen molar-refractivity contribution in [3.8, 4) is 0 Å². The van der Waals surface area contributed by atoms with Crippen LogP contribution in [0.15, 0.2) is 54.6 Å². The number of benzene rings is 2. The van der Waals surface area contributed by atoms with Gasteiger partial charge in [0, 0.05) is 12.6 Å². The van der Waals surface area contributed by atoms with E-state index in [1.807, 2.05) is 58.0 Å². The fourth-order valence-corrected chi connectivity index (χ4v) is 2.94. The summed E-state index contributed by atoms with van der Waals surface area (Å²) >= 11 is 0. The van der Waals surface area contributed by atoms with E-state index in [1.165, 1.54) is 11.1 Å². The Kier molecular flexibility index (Phi) is 10.1. The first kappa shape index (κ1) is 20.4. The van der Waals surface area contributed by atoms with Crippen LogP contribution >= 0.6 is 0 Å². The van der Waals surface area contributed by atoms with Crippen molar-refractivity contribution >= 4 is 0 Å². The average molecular weight is 328 g/mol. The number of aryl methyl sites for hydroxylation is 1. The van der Waals surface area contributed by atoms with E-state index < -0.39 is 6.10 Å². The van der Waals surface area contributed by atoms with Gasteiger partial charge < -0.3 is 10.4 Å². The third-order valence-electron chi connectivity index (χ3n) is 4.13. The minimum atomic E-state index is -0.423. The molecule has 0 saturated carbocycles. The maximum absolute atomic E-state index is 10.2. The molecule has 2 nitrogen and oxygen atoms in total. The Morgan fingerprint density at radius 1 is 0.917 bits per heavy atom. The minimum Gasteiger partial charge on any atom is -0.387 e. The fraction of sp³-hybridized carbons (Fsp3) is 0.455. The van der Waals surface area contributed by atoms with Gasteiger partial charge in [-0.2, -0.15) is 0 Å². The molecule has 24 heavy (non-hydrogen) atoms. The van der Waals surface area contributed by atoms with Crippen molar-refractivity contribution in [1.82, 2.24) is 5.32 Å². The van der Waals surface area contributed by atoms with Crippen LogP contribution in [0.5, 0.6) is 0 Å². The third-order valence-corrected chi connectivity index (χ3v) is 4.13. The third kappa shape index (κ3) is 6.10. The molecule has 0 aromatic heterocycles. The van der Waals surface area contributed by atoms with Crippen molar-refractivity contribution in [3.63, 3.8) is 0 Å². The summed E-state index contributed by atoms with van der Waals surface area (Å²) in [5, 5.41) is 13.7. The topological polar surface area (TPSA) is 32.3 Å². The van der Waals surface area contributed by atoms with Crippen LogP contribution in [-0.4, -0.2) is 17.7 Å². The minimum absolute atomic E-state index is 0.423. The Bertz CT molecular complexity index is 553. The summed E-state index contributed by atoms with van der Waals surface area (Å²) in [6.07, 6.45) is 2.93. The quantitative estimate of drug-likeness (QED) is 0.835. The van der Waals surface area contributed by atoms with Gasteiger partial charge in [0.2, 0.25) is 0 Å². The molecule has 2 heteroatoms. The number of nitrogens with one attached hydrogen (secondary N) is 1. The van der Waals surface area contributed by atoms with E-state index in [1.54, 1.807) is 0 Å². The molecule has 1 aliphatic rings. The van der Waals surface area contributed by atoms with Crippen LogP contribution < -0.4 is 5.32 Å². The Balaban J connectivity index is 0.000000671. The molecule has 0 amide bonds. The second kappa shape index (κ2) is 11.8. The first-order chi connectivity index (χ1) is 11.8. The SMILES string of the molecule is CC.CC.OC(CNC1CCc2ccccc2C1)c1ccccc1. The van der Waals surface area contributed by atoms with Crippen LogP contribution in [0.2, 0.25) is 0 Å². The summed E-state index contributed by atoms with van der Waals surface area (Å²) in [5.74, 6) is 0. The lowest BCUT2D eigenvalue weighted by atomic mass is 9.88. The van der Waals surface area contributed by atoms with Gasteiger partial charge in [-0.25, -0.2) is 0 Å². The zero-order chi connectivity index (χ0) is 17.8. The summed E-state index contributed by atoms with van der Waals surface area (Å²) in [7, 11) is 0. The van der Waals surface area contributed by atoms with E-state index in [0.717, 1.165) is 24.8 Å². The maximum Gasteiger partial charge on any atom is 0.0914 e. The van der Waals surface area contributed by atoms with Gasteiger partial charge in [-0.05, 0) is 36.0 Å². The van der Waals surface area contributed by atoms with E-state index in [4.69, 9.17) is 0 Å². The molecule has 0 heterocycles. The highest BCUT2D eigenvalue weighted by atomic mass is 16.3. The molecule has 1 aliphatic carbocycles. The zero-order valence-corrected chi connectivity index (χ0v) is 15.6. The summed E-state index contributed by atoms with van der Waals surface area (Å²) in [4.78, 5) is 0. The van der Waals surface area contributed by atoms with E-state index in [-0.39, 0.29) is 0 Å². The number of rotatable bonds is 4. The highest BCUT2D eigenvalue weighted by molar-refractivity contribution is 5.30. The van der Waals surface area contributed by atoms with Gasteiger partial charge in [-0.3, -0.25) is 0 Å². The predicted molar refractivity (Wildman–Crippen MR) is 104 cm³/mol. The Morgan fingerprint density at radius 2 is 1.50 bits per heavy atom. The van der Waals surface area contributed by atoms with Crippen LogP contribution in [0.4, 0.5) is 0 Å². The molecule has 0 saturated heterocycles. The number of hydrogen-bond acceptors (Lipinski definition) is 2. The average Bonchev–Trinajstić information content (AvgIpc) is 2.69. The van der Waals surface area contributed by atoms with Crippen molar-refractivity contribution in [2.75, 3.05) is 6.54 Å². The van der Waals surface area contributed by atoms with Crippen LogP contribution in [-0.2, 0) is 12.8 Å². The van der Waals surface area contributed by atoms with E-state index in [2.05, 4.69) is 29.6 Å². The molecule has 0 bridgehead atoms. The molecule has 2 N–H and O–H groups in total. The first-order valence-electron chi connectivity index (χ1n) is 9.36. The molecule has 2 unspecified atom stereocenters. The smallest absolute Gasteiger partial charge is 0.0914 e. The summed E-state index contributed by atoms with van der Waals surface area (Å²) in [5.41, 5.74) is 3.91. The molecule has 3 rings (SSSR count). The van der Waals surface area contributed by atoms with Crippen LogP contribution in [0.25, 0.3) is 0 Å². The molecule has 0 fully saturated rings.